The summed E-state index contributed by atoms with van der Waals surface area (Å²) >= 11 is 0. The van der Waals surface area contributed by atoms with E-state index in [9.17, 15) is 0 Å². The van der Waals surface area contributed by atoms with E-state index in [1.54, 1.807) is 0 Å². The average molecular weight is 297 g/mol. The molecule has 1 radical (unpaired) electrons. The predicted molar refractivity (Wildman–Crippen MR) is 90.9 cm³/mol. The van der Waals surface area contributed by atoms with Gasteiger partial charge >= 0.3 is 0 Å². The Hall–Kier alpha value is -2.06. The van der Waals surface area contributed by atoms with E-state index in [4.69, 9.17) is 9.47 Å². The molecule has 22 heavy (non-hydrogen) atoms. The molecule has 1 aromatic rings. The quantitative estimate of drug-likeness (QED) is 0.463. The van der Waals surface area contributed by atoms with Gasteiger partial charge in [0.2, 0.25) is 0 Å². The van der Waals surface area contributed by atoms with Gasteiger partial charge in [0.15, 0.2) is 0 Å². The van der Waals surface area contributed by atoms with Crippen molar-refractivity contribution in [1.82, 2.24) is 0 Å². The summed E-state index contributed by atoms with van der Waals surface area (Å²) in [5.74, 6) is 13.5. The first kappa shape index (κ1) is 18.0. The SMILES string of the molecule is CC#CCCCCOc1[c]ccc(OCCCCC#CC)c1. The summed E-state index contributed by atoms with van der Waals surface area (Å²) in [5.41, 5.74) is 0. The molecule has 0 saturated heterocycles. The minimum Gasteiger partial charge on any atom is -0.493 e. The van der Waals surface area contributed by atoms with Crippen molar-refractivity contribution in [1.29, 1.82) is 0 Å². The number of hydrogen-bond acceptors (Lipinski definition) is 2. The molecule has 1 rings (SSSR count). The first-order chi connectivity index (χ1) is 10.9. The summed E-state index contributed by atoms with van der Waals surface area (Å²) in [4.78, 5) is 0. The second kappa shape index (κ2) is 12.7. The fourth-order valence-corrected chi connectivity index (χ4v) is 1.85. The maximum atomic E-state index is 5.72. The number of benzene rings is 1. The lowest BCUT2D eigenvalue weighted by Crippen LogP contribution is -1.99. The van der Waals surface area contributed by atoms with Crippen LogP contribution in [0.4, 0.5) is 0 Å². The molecule has 0 N–H and O–H groups in total. The zero-order valence-electron chi connectivity index (χ0n) is 13.7. The van der Waals surface area contributed by atoms with Gasteiger partial charge in [0.05, 0.1) is 13.2 Å². The molecule has 2 heteroatoms. The van der Waals surface area contributed by atoms with Gasteiger partial charge in [-0.1, -0.05) is 0 Å². The Morgan fingerprint density at radius 1 is 0.909 bits per heavy atom. The Kier molecular flexibility index (Phi) is 10.4. The molecule has 1 aromatic carbocycles. The van der Waals surface area contributed by atoms with Gasteiger partial charge in [-0.05, 0) is 51.7 Å². The van der Waals surface area contributed by atoms with E-state index in [1.807, 2.05) is 32.0 Å². The van der Waals surface area contributed by atoms with Gasteiger partial charge in [0, 0.05) is 25.0 Å². The van der Waals surface area contributed by atoms with Crippen molar-refractivity contribution in [3.63, 3.8) is 0 Å². The molecule has 0 saturated carbocycles. The molecule has 0 amide bonds. The lowest BCUT2D eigenvalue weighted by atomic mass is 10.2. The van der Waals surface area contributed by atoms with Crippen LogP contribution in [0.15, 0.2) is 18.2 Å². The first-order valence-electron chi connectivity index (χ1n) is 7.93. The van der Waals surface area contributed by atoms with E-state index in [-0.39, 0.29) is 0 Å². The van der Waals surface area contributed by atoms with E-state index < -0.39 is 0 Å². The number of rotatable bonds is 10. The molecule has 0 aliphatic carbocycles. The number of hydrogen-bond donors (Lipinski definition) is 0. The largest absolute Gasteiger partial charge is 0.493 e. The van der Waals surface area contributed by atoms with Crippen molar-refractivity contribution >= 4 is 0 Å². The highest BCUT2D eigenvalue weighted by Crippen LogP contribution is 2.19. The van der Waals surface area contributed by atoms with Gasteiger partial charge < -0.3 is 9.47 Å². The van der Waals surface area contributed by atoms with Crippen LogP contribution in [-0.2, 0) is 0 Å². The molecular formula is C20H25O2. The fraction of sp³-hybridized carbons (Fsp3) is 0.500. The molecule has 117 valence electrons. The molecule has 2 nitrogen and oxygen atoms in total. The van der Waals surface area contributed by atoms with Crippen LogP contribution in [0.25, 0.3) is 0 Å². The summed E-state index contributed by atoms with van der Waals surface area (Å²) in [6, 6.07) is 8.74. The number of unbranched alkanes of at least 4 members (excludes halogenated alkanes) is 4. The van der Waals surface area contributed by atoms with Crippen molar-refractivity contribution in [3.05, 3.63) is 24.3 Å². The van der Waals surface area contributed by atoms with Crippen LogP contribution in [0.1, 0.15) is 52.4 Å². The molecule has 0 fully saturated rings. The Morgan fingerprint density at radius 3 is 2.18 bits per heavy atom. The average Bonchev–Trinajstić information content (AvgIpc) is 2.54. The van der Waals surface area contributed by atoms with E-state index >= 15 is 0 Å². The third-order valence-electron chi connectivity index (χ3n) is 3.02. The van der Waals surface area contributed by atoms with Gasteiger partial charge in [-0.3, -0.25) is 0 Å². The summed E-state index contributed by atoms with van der Waals surface area (Å²) in [6.45, 7) is 5.15. The lowest BCUT2D eigenvalue weighted by Gasteiger charge is -2.09. The Morgan fingerprint density at radius 2 is 1.55 bits per heavy atom. The minimum absolute atomic E-state index is 0.695. The van der Waals surface area contributed by atoms with E-state index in [2.05, 4.69) is 29.7 Å². The molecule has 0 heterocycles. The van der Waals surface area contributed by atoms with Crippen molar-refractivity contribution in [3.8, 4) is 35.2 Å². The van der Waals surface area contributed by atoms with E-state index in [0.29, 0.717) is 13.2 Å². The van der Waals surface area contributed by atoms with Crippen LogP contribution in [0.5, 0.6) is 11.5 Å². The Balaban J connectivity index is 2.20. The van der Waals surface area contributed by atoms with E-state index in [0.717, 1.165) is 50.0 Å². The van der Waals surface area contributed by atoms with Crippen LogP contribution in [0.2, 0.25) is 0 Å². The van der Waals surface area contributed by atoms with Gasteiger partial charge in [-0.2, -0.15) is 0 Å². The van der Waals surface area contributed by atoms with Gasteiger partial charge in [-0.15, -0.1) is 23.7 Å². The van der Waals surface area contributed by atoms with Gasteiger partial charge in [-0.25, -0.2) is 0 Å². The second-order valence-corrected chi connectivity index (χ2v) is 4.85. The highest BCUT2D eigenvalue weighted by Gasteiger charge is 1.99. The monoisotopic (exact) mass is 297 g/mol. The van der Waals surface area contributed by atoms with Crippen molar-refractivity contribution in [2.24, 2.45) is 0 Å². The van der Waals surface area contributed by atoms with Crippen molar-refractivity contribution in [2.75, 3.05) is 13.2 Å². The highest BCUT2D eigenvalue weighted by molar-refractivity contribution is 5.31. The molecule has 0 spiro atoms. The third-order valence-corrected chi connectivity index (χ3v) is 3.02. The van der Waals surface area contributed by atoms with Gasteiger partial charge in [0.25, 0.3) is 0 Å². The van der Waals surface area contributed by atoms with E-state index in [1.165, 1.54) is 0 Å². The summed E-state index contributed by atoms with van der Waals surface area (Å²) in [5, 5.41) is 0. The summed E-state index contributed by atoms with van der Waals surface area (Å²) < 4.78 is 11.4. The molecule has 0 bridgehead atoms. The first-order valence-corrected chi connectivity index (χ1v) is 7.93. The topological polar surface area (TPSA) is 18.5 Å². The zero-order valence-corrected chi connectivity index (χ0v) is 13.7. The van der Waals surface area contributed by atoms with Crippen molar-refractivity contribution in [2.45, 2.75) is 52.4 Å². The number of ether oxygens (including phenoxy) is 2. The fourth-order valence-electron chi connectivity index (χ4n) is 1.85. The molecule has 0 atom stereocenters. The standard InChI is InChI=1S/C20H25O2/c1-3-5-7-9-11-16-21-19-14-13-15-20(18-19)22-17-12-10-8-6-4-2/h13-14,18H,7-12,16-17H2,1-2H3. The summed E-state index contributed by atoms with van der Waals surface area (Å²) in [7, 11) is 0. The lowest BCUT2D eigenvalue weighted by molar-refractivity contribution is 0.292. The van der Waals surface area contributed by atoms with Gasteiger partial charge in [0.1, 0.15) is 11.5 Å². The molecular weight excluding hydrogens is 272 g/mol. The molecule has 0 aliphatic rings. The summed E-state index contributed by atoms with van der Waals surface area (Å²) in [6.07, 6.45) is 6.05. The maximum absolute atomic E-state index is 5.72. The third kappa shape index (κ3) is 8.98. The van der Waals surface area contributed by atoms with Crippen LogP contribution in [0.3, 0.4) is 0 Å². The highest BCUT2D eigenvalue weighted by atomic mass is 16.5. The Bertz CT molecular complexity index is 481. The zero-order chi connectivity index (χ0) is 15.9. The molecule has 0 aliphatic heterocycles. The normalized spacial score (nSPS) is 9.18. The van der Waals surface area contributed by atoms with Crippen LogP contribution >= 0.6 is 0 Å². The maximum Gasteiger partial charge on any atom is 0.130 e. The Labute approximate surface area is 135 Å². The van der Waals surface area contributed by atoms with Crippen LogP contribution < -0.4 is 9.47 Å². The predicted octanol–water partition coefficient (Wildman–Crippen LogP) is 4.63. The van der Waals surface area contributed by atoms with Crippen molar-refractivity contribution < 1.29 is 9.47 Å². The minimum atomic E-state index is 0.695. The van der Waals surface area contributed by atoms with Crippen LogP contribution in [-0.4, -0.2) is 13.2 Å². The molecule has 0 unspecified atom stereocenters. The molecule has 0 aromatic heterocycles. The second-order valence-electron chi connectivity index (χ2n) is 4.85. The smallest absolute Gasteiger partial charge is 0.130 e. The van der Waals surface area contributed by atoms with Crippen LogP contribution in [0, 0.1) is 29.7 Å².